The number of hydrogen-bond donors (Lipinski definition) is 2. The lowest BCUT2D eigenvalue weighted by atomic mass is 10.1. The van der Waals surface area contributed by atoms with Gasteiger partial charge in [-0.3, -0.25) is 0 Å². The molecule has 2 N–H and O–H groups in total. The molecule has 0 rings (SSSR count). The first-order chi connectivity index (χ1) is 7.44. The Labute approximate surface area is 94.6 Å². The number of aliphatic hydroxyl groups is 1. The van der Waals surface area contributed by atoms with Crippen LogP contribution in [-0.4, -0.2) is 41.3 Å². The molecule has 1 unspecified atom stereocenters. The molecule has 0 saturated heterocycles. The Bertz CT molecular complexity index is 252. The molecule has 0 bridgehead atoms. The van der Waals surface area contributed by atoms with E-state index in [1.165, 1.54) is 11.1 Å². The molecular formula is C11H18F2N2O. The summed E-state index contributed by atoms with van der Waals surface area (Å²) in [7, 11) is 0. The van der Waals surface area contributed by atoms with Crippen LogP contribution in [0.25, 0.3) is 0 Å². The smallest absolute Gasteiger partial charge is 0.268 e. The van der Waals surface area contributed by atoms with Gasteiger partial charge in [-0.1, -0.05) is 12.2 Å². The maximum atomic E-state index is 12.4. The number of rotatable bonds is 8. The maximum absolute atomic E-state index is 12.4. The summed E-state index contributed by atoms with van der Waals surface area (Å²) in [5.41, 5.74) is -2.04. The van der Waals surface area contributed by atoms with E-state index in [-0.39, 0.29) is 6.54 Å². The maximum Gasteiger partial charge on any atom is 0.268 e. The van der Waals surface area contributed by atoms with E-state index in [1.54, 1.807) is 18.4 Å². The molecule has 0 spiro atoms. The molecule has 5 heteroatoms. The average molecular weight is 232 g/mol. The highest BCUT2D eigenvalue weighted by atomic mass is 19.3. The molecule has 0 aromatic carbocycles. The van der Waals surface area contributed by atoms with Gasteiger partial charge in [-0.15, -0.1) is 6.58 Å². The lowest BCUT2D eigenvalue weighted by Crippen LogP contribution is -2.44. The molecule has 0 aromatic heterocycles. The van der Waals surface area contributed by atoms with Crippen molar-refractivity contribution in [1.29, 1.82) is 5.41 Å². The lowest BCUT2D eigenvalue weighted by molar-refractivity contribution is -0.0929. The molecule has 16 heavy (non-hydrogen) atoms. The summed E-state index contributed by atoms with van der Waals surface area (Å²) in [6, 6.07) is 0. The second-order valence-electron chi connectivity index (χ2n) is 3.70. The van der Waals surface area contributed by atoms with Crippen molar-refractivity contribution in [2.75, 3.05) is 13.1 Å². The first kappa shape index (κ1) is 14.8. The van der Waals surface area contributed by atoms with Crippen LogP contribution in [0.5, 0.6) is 0 Å². The van der Waals surface area contributed by atoms with E-state index in [1.807, 2.05) is 0 Å². The molecule has 0 saturated carbocycles. The fourth-order valence-corrected chi connectivity index (χ4v) is 1.10. The largest absolute Gasteiger partial charge is 0.382 e. The Balaban J connectivity index is 4.42. The second kappa shape index (κ2) is 7.11. The van der Waals surface area contributed by atoms with Crippen LogP contribution in [0.2, 0.25) is 0 Å². The van der Waals surface area contributed by atoms with E-state index in [0.717, 1.165) is 6.92 Å². The Morgan fingerprint density at radius 1 is 1.56 bits per heavy atom. The first-order valence-corrected chi connectivity index (χ1v) is 4.95. The van der Waals surface area contributed by atoms with Crippen molar-refractivity contribution in [3.8, 4) is 0 Å². The van der Waals surface area contributed by atoms with Crippen LogP contribution >= 0.6 is 0 Å². The quantitative estimate of drug-likeness (QED) is 0.497. The topological polar surface area (TPSA) is 47.3 Å². The number of alkyl halides is 2. The molecule has 0 aromatic rings. The number of hydrogen-bond acceptors (Lipinski definition) is 3. The van der Waals surface area contributed by atoms with Gasteiger partial charge in [-0.05, 0) is 19.3 Å². The zero-order valence-corrected chi connectivity index (χ0v) is 9.37. The van der Waals surface area contributed by atoms with Gasteiger partial charge in [0.15, 0.2) is 0 Å². The van der Waals surface area contributed by atoms with Crippen molar-refractivity contribution in [1.82, 2.24) is 4.90 Å². The van der Waals surface area contributed by atoms with Crippen molar-refractivity contribution in [3.05, 3.63) is 24.9 Å². The fraction of sp³-hybridized carbons (Fsp3) is 0.545. The fourth-order valence-electron chi connectivity index (χ4n) is 1.10. The predicted octanol–water partition coefficient (Wildman–Crippen LogP) is 2.04. The predicted molar refractivity (Wildman–Crippen MR) is 60.9 cm³/mol. The Morgan fingerprint density at radius 2 is 2.19 bits per heavy atom. The molecule has 92 valence electrons. The number of nitrogens with zero attached hydrogens (tertiary/aromatic N) is 1. The summed E-state index contributed by atoms with van der Waals surface area (Å²) < 4.78 is 24.9. The van der Waals surface area contributed by atoms with Gasteiger partial charge in [0.05, 0.1) is 6.54 Å². The standard InChI is InChI=1S/C11H18F2N2O/c1-3-7-15(8-5-4-6-14)9-11(2,16)10(12)13/h3,5-6,8,10,14,16H,1,4,7,9H2,2H3/b8-5-,14-6?. The highest BCUT2D eigenvalue weighted by molar-refractivity contribution is 5.55. The normalized spacial score (nSPS) is 15.1. The third kappa shape index (κ3) is 5.60. The van der Waals surface area contributed by atoms with Gasteiger partial charge in [0.2, 0.25) is 0 Å². The van der Waals surface area contributed by atoms with Crippen LogP contribution in [-0.2, 0) is 0 Å². The molecule has 0 aliphatic carbocycles. The minimum Gasteiger partial charge on any atom is -0.382 e. The van der Waals surface area contributed by atoms with Gasteiger partial charge in [-0.25, -0.2) is 8.78 Å². The summed E-state index contributed by atoms with van der Waals surface area (Å²) in [6.45, 7) is 4.81. The van der Waals surface area contributed by atoms with Gasteiger partial charge in [-0.2, -0.15) is 0 Å². The minimum atomic E-state index is -2.80. The highest BCUT2D eigenvalue weighted by Gasteiger charge is 2.33. The van der Waals surface area contributed by atoms with Crippen LogP contribution in [0.15, 0.2) is 24.9 Å². The third-order valence-corrected chi connectivity index (χ3v) is 1.93. The Kier molecular flexibility index (Phi) is 6.56. The first-order valence-electron chi connectivity index (χ1n) is 4.95. The van der Waals surface area contributed by atoms with E-state index in [2.05, 4.69) is 6.58 Å². The van der Waals surface area contributed by atoms with E-state index >= 15 is 0 Å². The summed E-state index contributed by atoms with van der Waals surface area (Å²) >= 11 is 0. The summed E-state index contributed by atoms with van der Waals surface area (Å²) in [5, 5.41) is 16.3. The summed E-state index contributed by atoms with van der Waals surface area (Å²) in [4.78, 5) is 1.53. The second-order valence-corrected chi connectivity index (χ2v) is 3.70. The minimum absolute atomic E-state index is 0.175. The highest BCUT2D eigenvalue weighted by Crippen LogP contribution is 2.16. The molecule has 0 heterocycles. The third-order valence-electron chi connectivity index (χ3n) is 1.93. The van der Waals surface area contributed by atoms with Gasteiger partial charge >= 0.3 is 0 Å². The summed E-state index contributed by atoms with van der Waals surface area (Å²) in [5.74, 6) is 0. The van der Waals surface area contributed by atoms with E-state index in [9.17, 15) is 13.9 Å². The molecular weight excluding hydrogens is 214 g/mol. The Morgan fingerprint density at radius 3 is 2.62 bits per heavy atom. The molecule has 0 amide bonds. The van der Waals surface area contributed by atoms with Crippen molar-refractivity contribution < 1.29 is 13.9 Å². The number of halogens is 2. The van der Waals surface area contributed by atoms with Crippen LogP contribution < -0.4 is 0 Å². The number of allylic oxidation sites excluding steroid dienone is 1. The molecule has 0 aliphatic rings. The van der Waals surface area contributed by atoms with E-state index in [0.29, 0.717) is 13.0 Å². The Hall–Kier alpha value is -1.23. The van der Waals surface area contributed by atoms with E-state index in [4.69, 9.17) is 5.41 Å². The molecule has 1 atom stereocenters. The van der Waals surface area contributed by atoms with Crippen molar-refractivity contribution >= 4 is 6.21 Å². The SMILES string of the molecule is C=CCN(/C=C\CC=N)CC(C)(O)C(F)F. The van der Waals surface area contributed by atoms with Crippen LogP contribution in [0.4, 0.5) is 8.78 Å². The van der Waals surface area contributed by atoms with Gasteiger partial charge in [0.1, 0.15) is 5.60 Å². The zero-order valence-electron chi connectivity index (χ0n) is 9.37. The molecule has 0 fully saturated rings. The van der Waals surface area contributed by atoms with Crippen LogP contribution in [0.1, 0.15) is 13.3 Å². The molecule has 0 radical (unpaired) electrons. The average Bonchev–Trinajstić information content (AvgIpc) is 2.17. The zero-order chi connectivity index (χ0) is 12.6. The lowest BCUT2D eigenvalue weighted by Gasteiger charge is -2.29. The number of nitrogens with one attached hydrogen (secondary N) is 1. The van der Waals surface area contributed by atoms with Crippen molar-refractivity contribution in [3.63, 3.8) is 0 Å². The van der Waals surface area contributed by atoms with Crippen molar-refractivity contribution in [2.45, 2.75) is 25.4 Å². The van der Waals surface area contributed by atoms with Crippen molar-refractivity contribution in [2.24, 2.45) is 0 Å². The summed E-state index contributed by atoms with van der Waals surface area (Å²) in [6.07, 6.45) is 3.66. The van der Waals surface area contributed by atoms with Gasteiger partial charge < -0.3 is 15.4 Å². The van der Waals surface area contributed by atoms with Gasteiger partial charge in [0.25, 0.3) is 6.43 Å². The monoisotopic (exact) mass is 232 g/mol. The van der Waals surface area contributed by atoms with Gasteiger partial charge in [0, 0.05) is 13.0 Å². The molecule has 3 nitrogen and oxygen atoms in total. The molecule has 0 aliphatic heterocycles. The van der Waals surface area contributed by atoms with Crippen LogP contribution in [0.3, 0.4) is 0 Å². The van der Waals surface area contributed by atoms with Crippen LogP contribution in [0, 0.1) is 5.41 Å². The van der Waals surface area contributed by atoms with E-state index < -0.39 is 12.0 Å².